The molecule has 0 bridgehead atoms. The third-order valence-corrected chi connectivity index (χ3v) is 6.24. The highest BCUT2D eigenvalue weighted by Crippen LogP contribution is 2.34. The minimum absolute atomic E-state index is 0.144. The number of aryl methyl sites for hydroxylation is 1. The summed E-state index contributed by atoms with van der Waals surface area (Å²) < 4.78 is 31.7. The minimum atomic E-state index is -5.08. The standard InChI is InChI=1S/C26H33N3O4.C2HF3O2/c1-18(2)29-22-13-12-19(9-5-4-8-14-27)15-21(22)26(33)28(17-24(29)30)23(16-25(31)32)20-10-6-3-7-11-20;3-2(4,5)1(6)7/h3,6-7,10-13,15,18,23H,4-5,8-9,14,16-17,27H2,1-2H3,(H,31,32);(H,6,7). The van der Waals surface area contributed by atoms with Crippen molar-refractivity contribution in [1.82, 2.24) is 4.90 Å². The van der Waals surface area contributed by atoms with Crippen LogP contribution >= 0.6 is 0 Å². The van der Waals surface area contributed by atoms with Crippen LogP contribution in [0.5, 0.6) is 0 Å². The second-order valence-electron chi connectivity index (χ2n) is 9.57. The number of carboxylic acids is 2. The van der Waals surface area contributed by atoms with E-state index in [-0.39, 0.29) is 30.8 Å². The Morgan fingerprint density at radius 1 is 1.00 bits per heavy atom. The van der Waals surface area contributed by atoms with E-state index in [1.165, 1.54) is 4.90 Å². The molecule has 0 fully saturated rings. The highest BCUT2D eigenvalue weighted by atomic mass is 19.4. The number of aliphatic carboxylic acids is 2. The van der Waals surface area contributed by atoms with Gasteiger partial charge in [-0.2, -0.15) is 13.2 Å². The molecule has 1 atom stereocenters. The summed E-state index contributed by atoms with van der Waals surface area (Å²) in [5.41, 5.74) is 8.32. The molecule has 40 heavy (non-hydrogen) atoms. The first-order valence-electron chi connectivity index (χ1n) is 12.8. The summed E-state index contributed by atoms with van der Waals surface area (Å²) in [4.78, 5) is 50.8. The van der Waals surface area contributed by atoms with Crippen LogP contribution in [0.4, 0.5) is 18.9 Å². The number of carbonyl (C=O) groups is 4. The SMILES string of the molecule is CC(C)N1C(=O)CN(C(CC(=O)O)c2ccccc2)C(=O)c2cc(CCCCCN)ccc21.O=C(O)C(F)(F)F. The summed E-state index contributed by atoms with van der Waals surface area (Å²) in [6.45, 7) is 4.31. The lowest BCUT2D eigenvalue weighted by Crippen LogP contribution is -2.44. The van der Waals surface area contributed by atoms with E-state index in [0.717, 1.165) is 31.2 Å². The second kappa shape index (κ2) is 14.5. The molecule has 1 aliphatic rings. The summed E-state index contributed by atoms with van der Waals surface area (Å²) >= 11 is 0. The molecule has 12 heteroatoms. The van der Waals surface area contributed by atoms with Crippen LogP contribution in [-0.2, 0) is 20.8 Å². The molecule has 0 saturated carbocycles. The summed E-state index contributed by atoms with van der Waals surface area (Å²) in [7, 11) is 0. The number of halogens is 3. The molecule has 0 aromatic heterocycles. The summed E-state index contributed by atoms with van der Waals surface area (Å²) in [6, 6.07) is 13.8. The number of nitrogens with two attached hydrogens (primary N) is 1. The van der Waals surface area contributed by atoms with E-state index in [2.05, 4.69) is 0 Å². The number of carboxylic acid groups (broad SMARTS) is 2. The Hall–Kier alpha value is -3.93. The molecule has 1 heterocycles. The zero-order valence-electron chi connectivity index (χ0n) is 22.4. The van der Waals surface area contributed by atoms with Gasteiger partial charge in [-0.25, -0.2) is 4.79 Å². The van der Waals surface area contributed by atoms with Gasteiger partial charge in [0.05, 0.1) is 23.7 Å². The number of nitrogens with zero attached hydrogens (tertiary/aromatic N) is 2. The van der Waals surface area contributed by atoms with Crippen LogP contribution in [0.25, 0.3) is 0 Å². The fourth-order valence-electron chi connectivity index (χ4n) is 4.42. The van der Waals surface area contributed by atoms with Crippen LogP contribution in [0, 0.1) is 0 Å². The molecule has 0 radical (unpaired) electrons. The molecule has 0 saturated heterocycles. The molecule has 1 unspecified atom stereocenters. The number of benzene rings is 2. The number of unbranched alkanes of at least 4 members (excludes halogenated alkanes) is 2. The number of alkyl halides is 3. The molecule has 4 N–H and O–H groups in total. The Morgan fingerprint density at radius 3 is 2.15 bits per heavy atom. The maximum absolute atomic E-state index is 13.8. The number of hydrogen-bond acceptors (Lipinski definition) is 5. The second-order valence-corrected chi connectivity index (χ2v) is 9.57. The molecule has 9 nitrogen and oxygen atoms in total. The molecule has 1 aliphatic heterocycles. The van der Waals surface area contributed by atoms with Gasteiger partial charge in [-0.3, -0.25) is 14.4 Å². The van der Waals surface area contributed by atoms with Crippen LogP contribution in [-0.4, -0.2) is 64.2 Å². The van der Waals surface area contributed by atoms with Crippen LogP contribution < -0.4 is 10.6 Å². The Morgan fingerprint density at radius 2 is 1.62 bits per heavy atom. The minimum Gasteiger partial charge on any atom is -0.481 e. The van der Waals surface area contributed by atoms with Crippen molar-refractivity contribution in [3.8, 4) is 0 Å². The quantitative estimate of drug-likeness (QED) is 0.363. The maximum atomic E-state index is 13.8. The number of hydrogen-bond donors (Lipinski definition) is 3. The monoisotopic (exact) mass is 565 g/mol. The van der Waals surface area contributed by atoms with E-state index in [4.69, 9.17) is 15.6 Å². The van der Waals surface area contributed by atoms with Gasteiger partial charge in [-0.15, -0.1) is 0 Å². The van der Waals surface area contributed by atoms with Crippen molar-refractivity contribution in [3.05, 3.63) is 65.2 Å². The molecule has 3 rings (SSSR count). The zero-order valence-corrected chi connectivity index (χ0v) is 22.4. The van der Waals surface area contributed by atoms with Crippen molar-refractivity contribution in [1.29, 1.82) is 0 Å². The van der Waals surface area contributed by atoms with Crippen LogP contribution in [0.15, 0.2) is 48.5 Å². The lowest BCUT2D eigenvalue weighted by Gasteiger charge is -2.30. The number of anilines is 1. The predicted octanol–water partition coefficient (Wildman–Crippen LogP) is 4.40. The molecular formula is C28H34F3N3O6. The Bertz CT molecular complexity index is 1190. The molecule has 2 aromatic rings. The first-order valence-corrected chi connectivity index (χ1v) is 12.8. The molecular weight excluding hydrogens is 531 g/mol. The van der Waals surface area contributed by atoms with Crippen molar-refractivity contribution >= 4 is 29.4 Å². The maximum Gasteiger partial charge on any atom is 0.490 e. The van der Waals surface area contributed by atoms with Gasteiger partial charge in [0.15, 0.2) is 0 Å². The number of carbonyl (C=O) groups excluding carboxylic acids is 2. The van der Waals surface area contributed by atoms with E-state index < -0.39 is 24.2 Å². The van der Waals surface area contributed by atoms with Crippen LogP contribution in [0.3, 0.4) is 0 Å². The van der Waals surface area contributed by atoms with Crippen molar-refractivity contribution in [2.24, 2.45) is 5.73 Å². The van der Waals surface area contributed by atoms with Crippen molar-refractivity contribution in [2.45, 2.75) is 64.2 Å². The van der Waals surface area contributed by atoms with Gasteiger partial charge in [0.2, 0.25) is 5.91 Å². The van der Waals surface area contributed by atoms with Gasteiger partial charge >= 0.3 is 18.1 Å². The molecule has 218 valence electrons. The first kappa shape index (κ1) is 32.3. The van der Waals surface area contributed by atoms with Crippen molar-refractivity contribution in [2.75, 3.05) is 18.0 Å². The van der Waals surface area contributed by atoms with Crippen molar-refractivity contribution < 1.29 is 42.6 Å². The Balaban J connectivity index is 0.000000708. The molecule has 0 spiro atoms. The van der Waals surface area contributed by atoms with Crippen LogP contribution in [0.1, 0.15) is 67.1 Å². The summed E-state index contributed by atoms with van der Waals surface area (Å²) in [5.74, 6) is -4.32. The Labute approximate surface area is 230 Å². The smallest absolute Gasteiger partial charge is 0.481 e. The van der Waals surface area contributed by atoms with E-state index in [0.29, 0.717) is 23.4 Å². The lowest BCUT2D eigenvalue weighted by molar-refractivity contribution is -0.192. The van der Waals surface area contributed by atoms with Gasteiger partial charge in [0, 0.05) is 6.04 Å². The van der Waals surface area contributed by atoms with E-state index in [1.54, 1.807) is 17.0 Å². The third-order valence-electron chi connectivity index (χ3n) is 6.24. The topological polar surface area (TPSA) is 141 Å². The van der Waals surface area contributed by atoms with E-state index in [9.17, 15) is 32.7 Å². The largest absolute Gasteiger partial charge is 0.490 e. The first-order chi connectivity index (χ1) is 18.8. The van der Waals surface area contributed by atoms with Gasteiger partial charge in [0.25, 0.3) is 5.91 Å². The average molecular weight is 566 g/mol. The van der Waals surface area contributed by atoms with E-state index >= 15 is 0 Å². The Kier molecular flexibility index (Phi) is 11.7. The number of amides is 2. The zero-order chi connectivity index (χ0) is 30.0. The van der Waals surface area contributed by atoms with Gasteiger partial charge in [-0.05, 0) is 62.9 Å². The lowest BCUT2D eigenvalue weighted by atomic mass is 9.99. The predicted molar refractivity (Wildman–Crippen MR) is 142 cm³/mol. The van der Waals surface area contributed by atoms with Gasteiger partial charge in [-0.1, -0.05) is 42.8 Å². The van der Waals surface area contributed by atoms with Crippen LogP contribution in [0.2, 0.25) is 0 Å². The highest BCUT2D eigenvalue weighted by Gasteiger charge is 2.39. The normalized spacial score (nSPS) is 14.3. The fourth-order valence-corrected chi connectivity index (χ4v) is 4.42. The molecule has 2 amide bonds. The van der Waals surface area contributed by atoms with E-state index in [1.807, 2.05) is 50.2 Å². The summed E-state index contributed by atoms with van der Waals surface area (Å²) in [6.07, 6.45) is -1.61. The fraction of sp³-hybridized carbons (Fsp3) is 0.429. The number of fused-ring (bicyclic) bond motifs is 1. The molecule has 0 aliphatic carbocycles. The molecule has 2 aromatic carbocycles. The van der Waals surface area contributed by atoms with Gasteiger partial charge in [0.1, 0.15) is 6.54 Å². The summed E-state index contributed by atoms with van der Waals surface area (Å²) in [5, 5.41) is 16.7. The van der Waals surface area contributed by atoms with Gasteiger partial charge < -0.3 is 25.7 Å². The third kappa shape index (κ3) is 8.80. The van der Waals surface area contributed by atoms with Crippen molar-refractivity contribution in [3.63, 3.8) is 0 Å². The number of rotatable bonds is 10. The highest BCUT2D eigenvalue weighted by molar-refractivity contribution is 6.10. The average Bonchev–Trinajstić information content (AvgIpc) is 2.99.